The lowest BCUT2D eigenvalue weighted by Crippen LogP contribution is -2.20. The van der Waals surface area contributed by atoms with Crippen LogP contribution in [0, 0.1) is 6.92 Å². The molecule has 108 valence electrons. The van der Waals surface area contributed by atoms with E-state index in [2.05, 4.69) is 65.5 Å². The fourth-order valence-corrected chi connectivity index (χ4v) is 2.88. The van der Waals surface area contributed by atoms with Crippen LogP contribution in [0.15, 0.2) is 35.2 Å². The molecular formula is C16H23N3S. The molecule has 0 aliphatic rings. The van der Waals surface area contributed by atoms with Crippen molar-refractivity contribution in [2.75, 3.05) is 13.3 Å². The minimum absolute atomic E-state index is 0.326. The lowest BCUT2D eigenvalue weighted by molar-refractivity contribution is 0.541. The van der Waals surface area contributed by atoms with Crippen molar-refractivity contribution in [2.24, 2.45) is 0 Å². The number of benzene rings is 1. The normalized spacial score (nSPS) is 12.6. The summed E-state index contributed by atoms with van der Waals surface area (Å²) in [7, 11) is 2.02. The molecule has 0 bridgehead atoms. The molecule has 2 rings (SSSR count). The van der Waals surface area contributed by atoms with Crippen molar-refractivity contribution in [1.82, 2.24) is 15.1 Å². The van der Waals surface area contributed by atoms with Gasteiger partial charge >= 0.3 is 0 Å². The number of nitrogens with one attached hydrogen (secondary N) is 1. The van der Waals surface area contributed by atoms with Crippen molar-refractivity contribution in [3.05, 3.63) is 47.3 Å². The van der Waals surface area contributed by atoms with E-state index in [1.54, 1.807) is 11.8 Å². The van der Waals surface area contributed by atoms with Crippen molar-refractivity contribution in [3.63, 3.8) is 0 Å². The highest BCUT2D eigenvalue weighted by atomic mass is 32.2. The Balaban J connectivity index is 2.19. The summed E-state index contributed by atoms with van der Waals surface area (Å²) in [5, 5.41) is 7.94. The van der Waals surface area contributed by atoms with E-state index in [4.69, 9.17) is 0 Å². The maximum absolute atomic E-state index is 4.52. The molecular weight excluding hydrogens is 266 g/mol. The Morgan fingerprint density at radius 2 is 2.00 bits per heavy atom. The molecule has 1 heterocycles. The van der Waals surface area contributed by atoms with E-state index in [1.807, 2.05) is 7.05 Å². The molecule has 1 unspecified atom stereocenters. The smallest absolute Gasteiger partial charge is 0.0596 e. The molecule has 0 saturated heterocycles. The lowest BCUT2D eigenvalue weighted by atomic mass is 10.0. The van der Waals surface area contributed by atoms with Gasteiger partial charge in [-0.2, -0.15) is 5.10 Å². The Kier molecular flexibility index (Phi) is 5.26. The SMILES string of the molecule is CCn1nc(C)cc1CC(NC)c1ccc(SC)cc1. The zero-order valence-corrected chi connectivity index (χ0v) is 13.5. The number of aryl methyl sites for hydroxylation is 2. The quantitative estimate of drug-likeness (QED) is 0.826. The second-order valence-electron chi connectivity index (χ2n) is 4.91. The van der Waals surface area contributed by atoms with Gasteiger partial charge in [-0.05, 0) is 50.9 Å². The second-order valence-corrected chi connectivity index (χ2v) is 5.79. The number of hydrogen-bond donors (Lipinski definition) is 1. The van der Waals surface area contributed by atoms with E-state index in [1.165, 1.54) is 16.2 Å². The van der Waals surface area contributed by atoms with Crippen molar-refractivity contribution < 1.29 is 0 Å². The van der Waals surface area contributed by atoms with Gasteiger partial charge in [-0.1, -0.05) is 12.1 Å². The summed E-state index contributed by atoms with van der Waals surface area (Å²) in [6.45, 7) is 5.11. The molecule has 0 aliphatic carbocycles. The molecule has 1 atom stereocenters. The van der Waals surface area contributed by atoms with E-state index in [-0.39, 0.29) is 0 Å². The molecule has 0 saturated carbocycles. The molecule has 1 N–H and O–H groups in total. The first kappa shape index (κ1) is 15.1. The van der Waals surface area contributed by atoms with Gasteiger partial charge in [0.1, 0.15) is 0 Å². The first-order chi connectivity index (χ1) is 9.67. The highest BCUT2D eigenvalue weighted by Gasteiger charge is 2.13. The summed E-state index contributed by atoms with van der Waals surface area (Å²) in [5.41, 5.74) is 3.71. The summed E-state index contributed by atoms with van der Waals surface area (Å²) >= 11 is 1.78. The maximum Gasteiger partial charge on any atom is 0.0596 e. The highest BCUT2D eigenvalue weighted by Crippen LogP contribution is 2.22. The van der Waals surface area contributed by atoms with Crippen molar-refractivity contribution >= 4 is 11.8 Å². The average Bonchev–Trinajstić information content (AvgIpc) is 2.84. The number of nitrogens with zero attached hydrogens (tertiary/aromatic N) is 2. The van der Waals surface area contributed by atoms with Crippen molar-refractivity contribution in [1.29, 1.82) is 0 Å². The fourth-order valence-electron chi connectivity index (χ4n) is 2.47. The number of likely N-dealkylation sites (N-methyl/N-ethyl adjacent to an activating group) is 1. The molecule has 3 nitrogen and oxygen atoms in total. The Bertz CT molecular complexity index is 545. The zero-order chi connectivity index (χ0) is 14.5. The molecule has 0 fully saturated rings. The van der Waals surface area contributed by atoms with Gasteiger partial charge in [0.25, 0.3) is 0 Å². The highest BCUT2D eigenvalue weighted by molar-refractivity contribution is 7.98. The van der Waals surface area contributed by atoms with Gasteiger partial charge < -0.3 is 5.32 Å². The van der Waals surface area contributed by atoms with Crippen LogP contribution < -0.4 is 5.32 Å². The Hall–Kier alpha value is -1.26. The van der Waals surface area contributed by atoms with E-state index in [0.29, 0.717) is 6.04 Å². The largest absolute Gasteiger partial charge is 0.313 e. The van der Waals surface area contributed by atoms with Crippen LogP contribution in [0.2, 0.25) is 0 Å². The Morgan fingerprint density at radius 1 is 1.30 bits per heavy atom. The van der Waals surface area contributed by atoms with Gasteiger partial charge in [0.05, 0.1) is 5.69 Å². The summed E-state index contributed by atoms with van der Waals surface area (Å²) in [6.07, 6.45) is 3.07. The third kappa shape index (κ3) is 3.44. The Morgan fingerprint density at radius 3 is 2.55 bits per heavy atom. The predicted molar refractivity (Wildman–Crippen MR) is 86.4 cm³/mol. The minimum Gasteiger partial charge on any atom is -0.313 e. The summed E-state index contributed by atoms with van der Waals surface area (Å²) in [5.74, 6) is 0. The van der Waals surface area contributed by atoms with Crippen LogP contribution in [0.25, 0.3) is 0 Å². The maximum atomic E-state index is 4.52. The summed E-state index contributed by atoms with van der Waals surface area (Å²) in [4.78, 5) is 1.30. The van der Waals surface area contributed by atoms with Crippen LogP contribution in [0.1, 0.15) is 29.9 Å². The third-order valence-corrected chi connectivity index (χ3v) is 4.31. The molecule has 2 aromatic rings. The molecule has 1 aromatic carbocycles. The van der Waals surface area contributed by atoms with E-state index in [0.717, 1.165) is 18.7 Å². The average molecular weight is 289 g/mol. The van der Waals surface area contributed by atoms with Crippen molar-refractivity contribution in [2.45, 2.75) is 37.8 Å². The minimum atomic E-state index is 0.326. The summed E-state index contributed by atoms with van der Waals surface area (Å²) in [6, 6.07) is 11.3. The zero-order valence-electron chi connectivity index (χ0n) is 12.7. The van der Waals surface area contributed by atoms with Gasteiger partial charge in [0, 0.05) is 29.6 Å². The van der Waals surface area contributed by atoms with Crippen molar-refractivity contribution in [3.8, 4) is 0 Å². The molecule has 20 heavy (non-hydrogen) atoms. The predicted octanol–water partition coefficient (Wildman–Crippen LogP) is 3.44. The number of rotatable bonds is 6. The van der Waals surface area contributed by atoms with Gasteiger partial charge in [-0.25, -0.2) is 0 Å². The number of hydrogen-bond acceptors (Lipinski definition) is 3. The molecule has 0 amide bonds. The first-order valence-electron chi connectivity index (χ1n) is 7.02. The van der Waals surface area contributed by atoms with Crippen LogP contribution in [0.3, 0.4) is 0 Å². The summed E-state index contributed by atoms with van der Waals surface area (Å²) < 4.78 is 2.09. The molecule has 0 radical (unpaired) electrons. The monoisotopic (exact) mass is 289 g/mol. The van der Waals surface area contributed by atoms with Gasteiger partial charge in [0.15, 0.2) is 0 Å². The van der Waals surface area contributed by atoms with Crippen LogP contribution in [0.4, 0.5) is 0 Å². The topological polar surface area (TPSA) is 29.9 Å². The standard InChI is InChI=1S/C16H23N3S/c1-5-19-14(10-12(2)18-19)11-16(17-3)13-6-8-15(20-4)9-7-13/h6-10,16-17H,5,11H2,1-4H3. The first-order valence-corrected chi connectivity index (χ1v) is 8.25. The molecule has 0 aliphatic heterocycles. The number of thioether (sulfide) groups is 1. The molecule has 0 spiro atoms. The van der Waals surface area contributed by atoms with E-state index in [9.17, 15) is 0 Å². The molecule has 1 aromatic heterocycles. The second kappa shape index (κ2) is 6.95. The molecule has 4 heteroatoms. The van der Waals surface area contributed by atoms with E-state index >= 15 is 0 Å². The Labute approximate surface area is 125 Å². The fraction of sp³-hybridized carbons (Fsp3) is 0.438. The van der Waals surface area contributed by atoms with Crippen LogP contribution in [-0.4, -0.2) is 23.1 Å². The van der Waals surface area contributed by atoms with Crippen LogP contribution in [0.5, 0.6) is 0 Å². The van der Waals surface area contributed by atoms with Gasteiger partial charge in [-0.3, -0.25) is 4.68 Å². The van der Waals surface area contributed by atoms with Gasteiger partial charge in [0.2, 0.25) is 0 Å². The van der Waals surface area contributed by atoms with Gasteiger partial charge in [-0.15, -0.1) is 11.8 Å². The van der Waals surface area contributed by atoms with Crippen LogP contribution in [-0.2, 0) is 13.0 Å². The lowest BCUT2D eigenvalue weighted by Gasteiger charge is -2.17. The van der Waals surface area contributed by atoms with E-state index < -0.39 is 0 Å². The third-order valence-electron chi connectivity index (χ3n) is 3.56. The number of aromatic nitrogens is 2. The van der Waals surface area contributed by atoms with Crippen LogP contribution >= 0.6 is 11.8 Å².